The molecule has 0 rings (SSSR count). The molecule has 0 aromatic heterocycles. The summed E-state index contributed by atoms with van der Waals surface area (Å²) in [5.74, 6) is 0. The van der Waals surface area contributed by atoms with E-state index in [0.717, 1.165) is 0 Å². The Hall–Kier alpha value is 1.74. The van der Waals surface area contributed by atoms with Crippen LogP contribution in [0.1, 0.15) is 0 Å². The van der Waals surface area contributed by atoms with Crippen molar-refractivity contribution in [1.29, 1.82) is 0 Å². The number of hydrogen-bond acceptors (Lipinski definition) is 0. The zero-order chi connectivity index (χ0) is 0. The SMILES string of the molecule is [F-].[F-].[Na+].[Zr+4]. The summed E-state index contributed by atoms with van der Waals surface area (Å²) in [4.78, 5) is 0. The van der Waals surface area contributed by atoms with Crippen LogP contribution in [-0.4, -0.2) is 0 Å². The third-order valence-electron chi connectivity index (χ3n) is 0. The van der Waals surface area contributed by atoms with E-state index in [-0.39, 0.29) is 65.2 Å². The van der Waals surface area contributed by atoms with Gasteiger partial charge in [-0.25, -0.2) is 0 Å². The van der Waals surface area contributed by atoms with Crippen molar-refractivity contribution < 1.29 is 65.2 Å². The van der Waals surface area contributed by atoms with Gasteiger partial charge in [0.25, 0.3) is 0 Å². The molecule has 4 heavy (non-hydrogen) atoms. The predicted molar refractivity (Wildman–Crippen MR) is 0 cm³/mol. The number of hydrogen-bond donors (Lipinski definition) is 0. The molecule has 4 heteroatoms. The second-order valence-electron chi connectivity index (χ2n) is 0. The van der Waals surface area contributed by atoms with Crippen molar-refractivity contribution in [1.82, 2.24) is 0 Å². The summed E-state index contributed by atoms with van der Waals surface area (Å²) in [7, 11) is 0. The molecule has 0 aliphatic carbocycles. The van der Waals surface area contributed by atoms with Crippen LogP contribution in [0.4, 0.5) is 0 Å². The Kier molecular flexibility index (Phi) is 233. The normalized spacial score (nSPS) is 0. The van der Waals surface area contributed by atoms with Crippen LogP contribution >= 0.6 is 0 Å². The molecule has 0 spiro atoms. The van der Waals surface area contributed by atoms with Crippen molar-refractivity contribution in [3.05, 3.63) is 0 Å². The number of halogens is 2. The second kappa shape index (κ2) is 21.9. The molecule has 0 saturated heterocycles. The van der Waals surface area contributed by atoms with E-state index in [1.165, 1.54) is 0 Å². The molecule has 0 aromatic rings. The summed E-state index contributed by atoms with van der Waals surface area (Å²) in [5.41, 5.74) is 0. The van der Waals surface area contributed by atoms with Gasteiger partial charge in [0.15, 0.2) is 0 Å². The third kappa shape index (κ3) is 9.27. The molecule has 0 atom stereocenters. The maximum absolute atomic E-state index is 0. The Morgan fingerprint density at radius 3 is 0.750 bits per heavy atom. The minimum atomic E-state index is 0. The quantitative estimate of drug-likeness (QED) is 0.302. The zero-order valence-electron chi connectivity index (χ0n) is 2.26. The molecule has 0 bridgehead atoms. The van der Waals surface area contributed by atoms with E-state index < -0.39 is 0 Å². The summed E-state index contributed by atoms with van der Waals surface area (Å²) >= 11 is 0. The summed E-state index contributed by atoms with van der Waals surface area (Å²) in [6.45, 7) is 0. The molecule has 0 amide bonds. The Labute approximate surface area is 64.5 Å². The average Bonchev–Trinajstić information content (AvgIpc) is 0. The van der Waals surface area contributed by atoms with Gasteiger partial charge in [-0.1, -0.05) is 0 Å². The fourth-order valence-electron chi connectivity index (χ4n) is 0. The van der Waals surface area contributed by atoms with E-state index in [4.69, 9.17) is 0 Å². The van der Waals surface area contributed by atoms with Crippen LogP contribution in [0.2, 0.25) is 0 Å². The molecule has 0 aliphatic rings. The molecule has 0 saturated carbocycles. The van der Waals surface area contributed by atoms with Gasteiger partial charge in [0.1, 0.15) is 0 Å². The molecule has 0 N–H and O–H groups in total. The Morgan fingerprint density at radius 2 is 0.750 bits per heavy atom. The fourth-order valence-corrected chi connectivity index (χ4v) is 0. The minimum Gasteiger partial charge on any atom is -1.00 e. The van der Waals surface area contributed by atoms with Crippen molar-refractivity contribution in [2.45, 2.75) is 0 Å². The van der Waals surface area contributed by atoms with Gasteiger partial charge in [-0.2, -0.15) is 0 Å². The molecular formula is F2NaZr+3. The summed E-state index contributed by atoms with van der Waals surface area (Å²) in [5, 5.41) is 0. The van der Waals surface area contributed by atoms with E-state index in [1.54, 1.807) is 0 Å². The largest absolute Gasteiger partial charge is 4.00 e. The Bertz CT molecular complexity index is 6.00. The van der Waals surface area contributed by atoms with Crippen LogP contribution < -0.4 is 39.0 Å². The molecule has 0 aliphatic heterocycles. The summed E-state index contributed by atoms with van der Waals surface area (Å²) < 4.78 is 0. The summed E-state index contributed by atoms with van der Waals surface area (Å²) in [6.07, 6.45) is 0. The minimum absolute atomic E-state index is 0. The van der Waals surface area contributed by atoms with Crippen LogP contribution in [0.25, 0.3) is 0 Å². The van der Waals surface area contributed by atoms with Gasteiger partial charge in [-0.3, -0.25) is 0 Å². The van der Waals surface area contributed by atoms with E-state index >= 15 is 0 Å². The molecule has 0 radical (unpaired) electrons. The van der Waals surface area contributed by atoms with Gasteiger partial charge in [0.05, 0.1) is 0 Å². The first-order chi connectivity index (χ1) is 0. The van der Waals surface area contributed by atoms with E-state index in [1.807, 2.05) is 0 Å². The van der Waals surface area contributed by atoms with Gasteiger partial charge in [-0.15, -0.1) is 0 Å². The van der Waals surface area contributed by atoms with E-state index in [2.05, 4.69) is 0 Å². The first-order valence-electron chi connectivity index (χ1n) is 0. The van der Waals surface area contributed by atoms with Gasteiger partial charge in [0, 0.05) is 0 Å². The average molecular weight is 152 g/mol. The smallest absolute Gasteiger partial charge is 1.00 e. The molecular weight excluding hydrogens is 152 g/mol. The molecule has 0 aromatic carbocycles. The van der Waals surface area contributed by atoms with Gasteiger partial charge >= 0.3 is 55.8 Å². The van der Waals surface area contributed by atoms with Gasteiger partial charge in [0.2, 0.25) is 0 Å². The molecule has 0 unspecified atom stereocenters. The van der Waals surface area contributed by atoms with Crippen molar-refractivity contribution in [3.8, 4) is 0 Å². The topological polar surface area (TPSA) is 0 Å². The molecule has 16 valence electrons. The second-order valence-corrected chi connectivity index (χ2v) is 0. The maximum atomic E-state index is 0. The molecule has 0 fully saturated rings. The maximum Gasteiger partial charge on any atom is 4.00 e. The van der Waals surface area contributed by atoms with Crippen molar-refractivity contribution in [2.24, 2.45) is 0 Å². The third-order valence-corrected chi connectivity index (χ3v) is 0. The van der Waals surface area contributed by atoms with Crippen LogP contribution in [0.5, 0.6) is 0 Å². The van der Waals surface area contributed by atoms with E-state index in [9.17, 15) is 0 Å². The van der Waals surface area contributed by atoms with E-state index in [0.29, 0.717) is 0 Å². The summed E-state index contributed by atoms with van der Waals surface area (Å²) in [6, 6.07) is 0. The zero-order valence-corrected chi connectivity index (χ0v) is 6.71. The Morgan fingerprint density at radius 1 is 0.750 bits per heavy atom. The first-order valence-corrected chi connectivity index (χ1v) is 0. The number of rotatable bonds is 0. The fraction of sp³-hybridized carbons (Fsp3) is 0. The van der Waals surface area contributed by atoms with Gasteiger partial charge < -0.3 is 9.41 Å². The van der Waals surface area contributed by atoms with Crippen molar-refractivity contribution in [3.63, 3.8) is 0 Å². The molecule has 0 nitrogen and oxygen atoms in total. The van der Waals surface area contributed by atoms with Crippen molar-refractivity contribution >= 4 is 0 Å². The van der Waals surface area contributed by atoms with Crippen molar-refractivity contribution in [2.75, 3.05) is 0 Å². The first kappa shape index (κ1) is 42.5. The van der Waals surface area contributed by atoms with Crippen LogP contribution in [-0.2, 0) is 26.2 Å². The molecule has 0 heterocycles. The monoisotopic (exact) mass is 151 g/mol. The van der Waals surface area contributed by atoms with Crippen LogP contribution in [0, 0.1) is 0 Å². The Balaban J connectivity index is 0. The van der Waals surface area contributed by atoms with Gasteiger partial charge in [-0.05, 0) is 0 Å². The van der Waals surface area contributed by atoms with Crippen LogP contribution in [0.15, 0.2) is 0 Å². The predicted octanol–water partition coefficient (Wildman–Crippen LogP) is -8.99. The van der Waals surface area contributed by atoms with Crippen LogP contribution in [0.3, 0.4) is 0 Å². The standard InChI is InChI=1S/2FH.Na.Zr/h2*1H;;/q;;+1;+4/p-2.